The summed E-state index contributed by atoms with van der Waals surface area (Å²) in [5.41, 5.74) is 0. The molecule has 332 valence electrons. The summed E-state index contributed by atoms with van der Waals surface area (Å²) < 4.78 is 16.7. The van der Waals surface area contributed by atoms with Gasteiger partial charge in [-0.25, -0.2) is 0 Å². The molecule has 0 rings (SSSR count). The maximum Gasteiger partial charge on any atom is 0.306 e. The number of unbranched alkanes of at least 4 members (excludes halogenated alkanes) is 29. The van der Waals surface area contributed by atoms with Gasteiger partial charge in [0.05, 0.1) is 0 Å². The van der Waals surface area contributed by atoms with Crippen molar-refractivity contribution < 1.29 is 28.6 Å². The minimum atomic E-state index is -0.762. The summed E-state index contributed by atoms with van der Waals surface area (Å²) in [5.74, 6) is 0.684. The van der Waals surface area contributed by atoms with E-state index in [1.54, 1.807) is 0 Å². The second-order valence-corrected chi connectivity index (χ2v) is 18.1. The molecule has 0 heterocycles. The number of carbonyl (C=O) groups is 3. The van der Waals surface area contributed by atoms with Crippen LogP contribution in [0.1, 0.15) is 272 Å². The molecule has 0 aliphatic rings. The molecule has 0 aromatic heterocycles. The zero-order valence-corrected chi connectivity index (χ0v) is 38.3. The van der Waals surface area contributed by atoms with Crippen molar-refractivity contribution in [2.75, 3.05) is 13.2 Å². The maximum atomic E-state index is 12.7. The van der Waals surface area contributed by atoms with Gasteiger partial charge in [-0.1, -0.05) is 234 Å². The third-order valence-electron chi connectivity index (χ3n) is 11.2. The summed E-state index contributed by atoms with van der Waals surface area (Å²) in [4.78, 5) is 37.7. The number of carbonyl (C=O) groups excluding carboxylic acids is 3. The Hall–Kier alpha value is -1.59. The predicted octanol–water partition coefficient (Wildman–Crippen LogP) is 15.8. The normalized spacial score (nSPS) is 12.1. The standard InChI is InChI=1S/C50H96O6/c1-6-7-8-9-10-11-12-13-14-15-16-17-18-19-20-21-24-32-37-42-50(53)56-47(44-55-49(52)41-36-31-27-26-29-34-39-46(4)5)43-54-48(51)40-35-30-25-22-23-28-33-38-45(2)3/h45-47H,6-44H2,1-5H3/t47-/m1/s1. The van der Waals surface area contributed by atoms with Gasteiger partial charge < -0.3 is 14.2 Å². The number of hydrogen-bond acceptors (Lipinski definition) is 6. The van der Waals surface area contributed by atoms with Gasteiger partial charge in [0, 0.05) is 19.3 Å². The fourth-order valence-electron chi connectivity index (χ4n) is 7.46. The molecule has 0 unspecified atom stereocenters. The molecule has 0 radical (unpaired) electrons. The summed E-state index contributed by atoms with van der Waals surface area (Å²) in [6, 6.07) is 0. The lowest BCUT2D eigenvalue weighted by Crippen LogP contribution is -2.30. The summed E-state index contributed by atoms with van der Waals surface area (Å²) in [7, 11) is 0. The SMILES string of the molecule is CCCCCCCCCCCCCCCCCCCCCC(=O)O[C@H](COC(=O)CCCCCCCCCC(C)C)COC(=O)CCCCCCCCC(C)C. The molecular formula is C50H96O6. The molecule has 0 saturated heterocycles. The van der Waals surface area contributed by atoms with E-state index in [0.29, 0.717) is 19.3 Å². The summed E-state index contributed by atoms with van der Waals surface area (Å²) in [6.45, 7) is 11.2. The van der Waals surface area contributed by atoms with Crippen LogP contribution in [-0.2, 0) is 28.6 Å². The average molecular weight is 793 g/mol. The first-order valence-electron chi connectivity index (χ1n) is 24.7. The number of hydrogen-bond donors (Lipinski definition) is 0. The summed E-state index contributed by atoms with van der Waals surface area (Å²) in [6.07, 6.45) is 42.6. The Labute approximate surface area is 348 Å². The molecule has 0 N–H and O–H groups in total. The smallest absolute Gasteiger partial charge is 0.306 e. The number of ether oxygens (including phenoxy) is 3. The zero-order chi connectivity index (χ0) is 41.2. The highest BCUT2D eigenvalue weighted by Crippen LogP contribution is 2.17. The van der Waals surface area contributed by atoms with Crippen LogP contribution in [0.15, 0.2) is 0 Å². The van der Waals surface area contributed by atoms with Crippen LogP contribution in [0, 0.1) is 11.8 Å². The van der Waals surface area contributed by atoms with Gasteiger partial charge in [-0.15, -0.1) is 0 Å². The first-order chi connectivity index (χ1) is 27.2. The Kier molecular flexibility index (Phi) is 41.8. The maximum absolute atomic E-state index is 12.7. The Morgan fingerprint density at radius 1 is 0.339 bits per heavy atom. The first-order valence-corrected chi connectivity index (χ1v) is 24.7. The van der Waals surface area contributed by atoms with Crippen LogP contribution in [-0.4, -0.2) is 37.2 Å². The Balaban J connectivity index is 4.22. The molecule has 0 amide bonds. The lowest BCUT2D eigenvalue weighted by molar-refractivity contribution is -0.167. The lowest BCUT2D eigenvalue weighted by atomic mass is 10.0. The second kappa shape index (κ2) is 43.0. The van der Waals surface area contributed by atoms with E-state index in [4.69, 9.17) is 14.2 Å². The van der Waals surface area contributed by atoms with Gasteiger partial charge in [0.25, 0.3) is 0 Å². The molecule has 0 saturated carbocycles. The van der Waals surface area contributed by atoms with Crippen molar-refractivity contribution in [2.45, 2.75) is 278 Å². The van der Waals surface area contributed by atoms with E-state index in [2.05, 4.69) is 34.6 Å². The van der Waals surface area contributed by atoms with E-state index in [1.165, 1.54) is 161 Å². The van der Waals surface area contributed by atoms with E-state index in [1.807, 2.05) is 0 Å². The fourth-order valence-corrected chi connectivity index (χ4v) is 7.46. The molecule has 6 nitrogen and oxygen atoms in total. The van der Waals surface area contributed by atoms with E-state index >= 15 is 0 Å². The number of esters is 3. The summed E-state index contributed by atoms with van der Waals surface area (Å²) >= 11 is 0. The van der Waals surface area contributed by atoms with Crippen LogP contribution in [0.2, 0.25) is 0 Å². The van der Waals surface area contributed by atoms with Crippen LogP contribution in [0.3, 0.4) is 0 Å². The largest absolute Gasteiger partial charge is 0.462 e. The molecule has 0 bridgehead atoms. The lowest BCUT2D eigenvalue weighted by Gasteiger charge is -2.18. The summed E-state index contributed by atoms with van der Waals surface area (Å²) in [5, 5.41) is 0. The van der Waals surface area contributed by atoms with E-state index in [-0.39, 0.29) is 31.1 Å². The highest BCUT2D eigenvalue weighted by molar-refractivity contribution is 5.71. The van der Waals surface area contributed by atoms with Crippen molar-refractivity contribution in [1.29, 1.82) is 0 Å². The van der Waals surface area contributed by atoms with Gasteiger partial charge in [-0.05, 0) is 31.1 Å². The minimum absolute atomic E-state index is 0.0662. The third-order valence-corrected chi connectivity index (χ3v) is 11.2. The van der Waals surface area contributed by atoms with E-state index in [0.717, 1.165) is 69.6 Å². The molecule has 0 aromatic rings. The van der Waals surface area contributed by atoms with Crippen molar-refractivity contribution >= 4 is 17.9 Å². The first kappa shape index (κ1) is 54.4. The van der Waals surface area contributed by atoms with Crippen LogP contribution in [0.5, 0.6) is 0 Å². The van der Waals surface area contributed by atoms with Crippen LogP contribution in [0.25, 0.3) is 0 Å². The highest BCUT2D eigenvalue weighted by atomic mass is 16.6. The average Bonchev–Trinajstić information content (AvgIpc) is 3.16. The van der Waals surface area contributed by atoms with Gasteiger partial charge in [-0.2, -0.15) is 0 Å². The molecule has 0 aromatic carbocycles. The molecule has 0 aliphatic carbocycles. The van der Waals surface area contributed by atoms with Gasteiger partial charge >= 0.3 is 17.9 Å². The van der Waals surface area contributed by atoms with E-state index in [9.17, 15) is 14.4 Å². The topological polar surface area (TPSA) is 78.9 Å². The minimum Gasteiger partial charge on any atom is -0.462 e. The Bertz CT molecular complexity index is 854. The van der Waals surface area contributed by atoms with Crippen LogP contribution in [0.4, 0.5) is 0 Å². The van der Waals surface area contributed by atoms with Crippen LogP contribution >= 0.6 is 0 Å². The van der Waals surface area contributed by atoms with Gasteiger partial charge in [0.2, 0.25) is 0 Å². The molecule has 56 heavy (non-hydrogen) atoms. The number of rotatable bonds is 44. The van der Waals surface area contributed by atoms with E-state index < -0.39 is 6.10 Å². The van der Waals surface area contributed by atoms with Crippen molar-refractivity contribution in [2.24, 2.45) is 11.8 Å². The fraction of sp³-hybridized carbons (Fsp3) is 0.940. The zero-order valence-electron chi connectivity index (χ0n) is 38.3. The monoisotopic (exact) mass is 793 g/mol. The van der Waals surface area contributed by atoms with Crippen molar-refractivity contribution in [3.63, 3.8) is 0 Å². The van der Waals surface area contributed by atoms with Crippen molar-refractivity contribution in [1.82, 2.24) is 0 Å². The highest BCUT2D eigenvalue weighted by Gasteiger charge is 2.19. The van der Waals surface area contributed by atoms with Crippen molar-refractivity contribution in [3.8, 4) is 0 Å². The quantitative estimate of drug-likeness (QED) is 0.0347. The molecule has 1 atom stereocenters. The van der Waals surface area contributed by atoms with Gasteiger partial charge in [-0.3, -0.25) is 14.4 Å². The molecule has 0 fully saturated rings. The predicted molar refractivity (Wildman–Crippen MR) is 238 cm³/mol. The molecular weight excluding hydrogens is 697 g/mol. The molecule has 0 spiro atoms. The third kappa shape index (κ3) is 43.5. The Morgan fingerprint density at radius 2 is 0.589 bits per heavy atom. The van der Waals surface area contributed by atoms with Gasteiger partial charge in [0.15, 0.2) is 6.10 Å². The Morgan fingerprint density at radius 3 is 0.875 bits per heavy atom. The molecule has 6 heteroatoms. The van der Waals surface area contributed by atoms with Crippen LogP contribution < -0.4 is 0 Å². The molecule has 0 aliphatic heterocycles. The van der Waals surface area contributed by atoms with Crippen molar-refractivity contribution in [3.05, 3.63) is 0 Å². The second-order valence-electron chi connectivity index (χ2n) is 18.1. The van der Waals surface area contributed by atoms with Gasteiger partial charge in [0.1, 0.15) is 13.2 Å².